The van der Waals surface area contributed by atoms with E-state index in [0.717, 1.165) is 6.42 Å². The number of aromatic nitrogens is 1. The molecule has 0 saturated heterocycles. The molecule has 1 atom stereocenters. The van der Waals surface area contributed by atoms with Crippen LogP contribution in [-0.4, -0.2) is 4.98 Å². The van der Waals surface area contributed by atoms with E-state index in [1.165, 1.54) is 49.1 Å². The highest BCUT2D eigenvalue weighted by Crippen LogP contribution is 2.59. The van der Waals surface area contributed by atoms with Crippen LogP contribution in [0, 0.1) is 9.06 Å². The summed E-state index contributed by atoms with van der Waals surface area (Å²) in [5.41, 5.74) is 3.60. The summed E-state index contributed by atoms with van der Waals surface area (Å²) in [5.74, 6) is 0.407. The number of aromatic amines is 1. The van der Waals surface area contributed by atoms with E-state index in [4.69, 9.17) is 0 Å². The van der Waals surface area contributed by atoms with Crippen molar-refractivity contribution in [1.82, 2.24) is 4.98 Å². The van der Waals surface area contributed by atoms with Crippen molar-refractivity contribution in [1.29, 1.82) is 0 Å². The van der Waals surface area contributed by atoms with Gasteiger partial charge in [-0.15, -0.1) is 22.7 Å². The molecule has 1 unspecified atom stereocenters. The fourth-order valence-electron chi connectivity index (χ4n) is 3.24. The minimum absolute atomic E-state index is 0.237. The lowest BCUT2D eigenvalue weighted by Gasteiger charge is -2.13. The third-order valence-corrected chi connectivity index (χ3v) is 6.86. The van der Waals surface area contributed by atoms with Gasteiger partial charge in [0.1, 0.15) is 9.06 Å². The Morgan fingerprint density at radius 3 is 2.79 bits per heavy atom. The van der Waals surface area contributed by atoms with Gasteiger partial charge in [-0.3, -0.25) is 14.6 Å². The van der Waals surface area contributed by atoms with Crippen LogP contribution >= 0.6 is 22.7 Å². The second kappa shape index (κ2) is 3.05. The molecule has 2 aliphatic heterocycles. The first-order valence-corrected chi connectivity index (χ1v) is 7.69. The number of fused-ring (bicyclic) bond motifs is 7. The molecule has 19 heavy (non-hydrogen) atoms. The van der Waals surface area contributed by atoms with Gasteiger partial charge in [0.2, 0.25) is 0 Å². The number of hydrogen-bond acceptors (Lipinski definition) is 4. The third kappa shape index (κ3) is 1.05. The highest BCUT2D eigenvalue weighted by molar-refractivity contribution is 7.18. The van der Waals surface area contributed by atoms with Crippen LogP contribution in [0.1, 0.15) is 22.1 Å². The quantitative estimate of drug-likeness (QED) is 0.807. The molecule has 0 aromatic heterocycles. The summed E-state index contributed by atoms with van der Waals surface area (Å²) in [6.45, 7) is 0. The topological polar surface area (TPSA) is 49.9 Å². The van der Waals surface area contributed by atoms with E-state index in [1.807, 2.05) is 0 Å². The van der Waals surface area contributed by atoms with Crippen molar-refractivity contribution in [3.8, 4) is 0 Å². The van der Waals surface area contributed by atoms with Crippen LogP contribution < -0.4 is 11.1 Å². The highest BCUT2D eigenvalue weighted by Gasteiger charge is 2.40. The third-order valence-electron chi connectivity index (χ3n) is 4.03. The van der Waals surface area contributed by atoms with Crippen LogP contribution in [0.15, 0.2) is 39.0 Å². The lowest BCUT2D eigenvalue weighted by Crippen LogP contribution is -2.07. The Hall–Kier alpha value is -1.72. The van der Waals surface area contributed by atoms with Gasteiger partial charge in [0.25, 0.3) is 11.1 Å². The van der Waals surface area contributed by atoms with Crippen LogP contribution in [0.25, 0.3) is 5.57 Å². The van der Waals surface area contributed by atoms with Crippen LogP contribution in [0.3, 0.4) is 0 Å². The van der Waals surface area contributed by atoms with Crippen molar-refractivity contribution < 1.29 is 0 Å². The van der Waals surface area contributed by atoms with E-state index in [-0.39, 0.29) is 11.1 Å². The molecular weight excluding hydrogens is 278 g/mol. The molecule has 0 saturated carbocycles. The Morgan fingerprint density at radius 2 is 1.95 bits per heavy atom. The fraction of sp³-hybridized carbons (Fsp3) is 0.143. The summed E-state index contributed by atoms with van der Waals surface area (Å²) < 4.78 is 1.18. The van der Waals surface area contributed by atoms with Gasteiger partial charge in [0, 0.05) is 15.7 Å². The van der Waals surface area contributed by atoms with Crippen LogP contribution in [0.5, 0.6) is 0 Å². The van der Waals surface area contributed by atoms with E-state index in [0.29, 0.717) is 15.0 Å². The Labute approximate surface area is 114 Å². The molecule has 1 N–H and O–H groups in total. The summed E-state index contributed by atoms with van der Waals surface area (Å²) in [5, 5.41) is 0. The second-order valence-corrected chi connectivity index (χ2v) is 7.04. The molecule has 3 aliphatic carbocycles. The molecule has 0 radical (unpaired) electrons. The number of hydrogen-bond donors (Lipinski definition) is 1. The van der Waals surface area contributed by atoms with E-state index < -0.39 is 0 Å². The van der Waals surface area contributed by atoms with Gasteiger partial charge in [-0.05, 0) is 23.1 Å². The Morgan fingerprint density at radius 1 is 1.16 bits per heavy atom. The van der Waals surface area contributed by atoms with Crippen LogP contribution in [0.4, 0.5) is 0 Å². The Bertz CT molecular complexity index is 1030. The lowest BCUT2D eigenvalue weighted by molar-refractivity contribution is 0.925. The molecule has 5 rings (SSSR count). The maximum Gasteiger partial charge on any atom is 0.269 e. The molecule has 2 heterocycles. The minimum Gasteiger partial charge on any atom is -0.287 e. The average Bonchev–Trinajstić information content (AvgIpc) is 3.10. The molecule has 2 bridgehead atoms. The van der Waals surface area contributed by atoms with E-state index in [1.54, 1.807) is 0 Å². The van der Waals surface area contributed by atoms with Gasteiger partial charge in [-0.25, -0.2) is 0 Å². The van der Waals surface area contributed by atoms with Crippen molar-refractivity contribution in [2.75, 3.05) is 0 Å². The van der Waals surface area contributed by atoms with E-state index in [9.17, 15) is 9.59 Å². The summed E-state index contributed by atoms with van der Waals surface area (Å²) in [7, 11) is 0. The van der Waals surface area contributed by atoms with Crippen molar-refractivity contribution in [3.05, 3.63) is 68.9 Å². The van der Waals surface area contributed by atoms with E-state index in [2.05, 4.69) is 23.2 Å². The maximum atomic E-state index is 11.8. The normalized spacial score (nSPS) is 22.3. The van der Waals surface area contributed by atoms with Crippen molar-refractivity contribution in [2.45, 2.75) is 12.3 Å². The molecule has 5 aliphatic rings. The second-order valence-electron chi connectivity index (χ2n) is 4.97. The SMILES string of the molecule is O=c1[nH]c(=O)c2sc3c(sc1=2)C1=C2C=CC=C2C3C1. The monoisotopic (exact) mass is 285 g/mol. The van der Waals surface area contributed by atoms with Gasteiger partial charge in [0.15, 0.2) is 0 Å². The molecule has 3 nitrogen and oxygen atoms in total. The number of H-pyrrole nitrogens is 1. The molecular formula is C14H7NO2S2. The van der Waals surface area contributed by atoms with Gasteiger partial charge < -0.3 is 0 Å². The van der Waals surface area contributed by atoms with Crippen molar-refractivity contribution >= 4 is 28.2 Å². The zero-order valence-corrected chi connectivity index (χ0v) is 11.3. The van der Waals surface area contributed by atoms with Crippen molar-refractivity contribution in [2.24, 2.45) is 0 Å². The molecule has 0 amide bonds. The van der Waals surface area contributed by atoms with Gasteiger partial charge in [-0.1, -0.05) is 18.2 Å². The lowest BCUT2D eigenvalue weighted by atomic mass is 9.98. The standard InChI is InChI=1S/C14H7NO2S2/c16-13-11-12(14(17)15-13)19-10-8-4-7(9(10)18-11)5-2-1-3-6(5)8/h1-3,7H,4H2,(H,15,16,17). The first-order chi connectivity index (χ1) is 9.24. The summed E-state index contributed by atoms with van der Waals surface area (Å²) >= 11 is 2.98. The van der Waals surface area contributed by atoms with Crippen LogP contribution in [0.2, 0.25) is 0 Å². The zero-order chi connectivity index (χ0) is 12.7. The molecule has 0 aromatic carbocycles. The molecule has 0 spiro atoms. The predicted octanol–water partition coefficient (Wildman–Crippen LogP) is 2.33. The van der Waals surface area contributed by atoms with E-state index >= 15 is 0 Å². The largest absolute Gasteiger partial charge is 0.287 e. The van der Waals surface area contributed by atoms with Crippen LogP contribution in [-0.2, 0) is 0 Å². The summed E-state index contributed by atoms with van der Waals surface area (Å²) in [6.07, 6.45) is 7.45. The maximum absolute atomic E-state index is 11.8. The first-order valence-electron chi connectivity index (χ1n) is 6.06. The Balaban J connectivity index is 1.99. The summed E-state index contributed by atoms with van der Waals surface area (Å²) in [4.78, 5) is 28.4. The van der Waals surface area contributed by atoms with Gasteiger partial charge in [-0.2, -0.15) is 0 Å². The van der Waals surface area contributed by atoms with Gasteiger partial charge in [0.05, 0.1) is 0 Å². The minimum atomic E-state index is -0.241. The van der Waals surface area contributed by atoms with Crippen molar-refractivity contribution in [3.63, 3.8) is 0 Å². The number of nitrogens with one attached hydrogen (secondary N) is 1. The highest BCUT2D eigenvalue weighted by atomic mass is 32.1. The number of allylic oxidation sites excluding steroid dienone is 6. The molecule has 92 valence electrons. The number of rotatable bonds is 0. The smallest absolute Gasteiger partial charge is 0.269 e. The molecule has 0 fully saturated rings. The fourth-order valence-corrected chi connectivity index (χ4v) is 5.95. The summed E-state index contributed by atoms with van der Waals surface area (Å²) in [6, 6.07) is 0. The average molecular weight is 285 g/mol. The molecule has 0 aromatic rings. The van der Waals surface area contributed by atoms with Gasteiger partial charge >= 0.3 is 0 Å². The first kappa shape index (κ1) is 10.1. The molecule has 5 heteroatoms. The predicted molar refractivity (Wildman–Crippen MR) is 75.9 cm³/mol. The Kier molecular flexibility index (Phi) is 1.63. The zero-order valence-electron chi connectivity index (χ0n) is 9.65.